The first kappa shape index (κ1) is 28.2. The van der Waals surface area contributed by atoms with Gasteiger partial charge in [0.2, 0.25) is 17.7 Å². The number of benzene rings is 2. The maximum Gasteiger partial charge on any atom is 0.389 e. The minimum Gasteiger partial charge on any atom is -0.369 e. The lowest BCUT2D eigenvalue weighted by molar-refractivity contribution is -0.146. The summed E-state index contributed by atoms with van der Waals surface area (Å²) in [7, 11) is 0. The van der Waals surface area contributed by atoms with E-state index >= 15 is 0 Å². The SMILES string of the molecule is N#Cc1ccccc1N1C[C@H](NC(=O)[C@@H](CC2CC2)[C@@H](CCC(F)(F)F)C(N)=O)C(=O)Nc2c(Cl)cccc21. The van der Waals surface area contributed by atoms with Crippen LogP contribution in [0.3, 0.4) is 0 Å². The summed E-state index contributed by atoms with van der Waals surface area (Å²) in [6.07, 6.45) is -4.61. The number of nitrogens with one attached hydrogen (secondary N) is 2. The fourth-order valence-corrected chi connectivity index (χ4v) is 5.10. The molecule has 39 heavy (non-hydrogen) atoms. The number of anilines is 3. The summed E-state index contributed by atoms with van der Waals surface area (Å²) < 4.78 is 38.9. The zero-order valence-corrected chi connectivity index (χ0v) is 21.6. The van der Waals surface area contributed by atoms with E-state index in [1.807, 2.05) is 0 Å². The average Bonchev–Trinajstić information content (AvgIpc) is 3.71. The number of carbonyl (C=O) groups excluding carboxylic acids is 3. The quantitative estimate of drug-likeness (QED) is 0.411. The highest BCUT2D eigenvalue weighted by Crippen LogP contribution is 2.41. The Bertz CT molecular complexity index is 1310. The van der Waals surface area contributed by atoms with Crippen LogP contribution in [0.1, 0.15) is 37.7 Å². The smallest absolute Gasteiger partial charge is 0.369 e. The van der Waals surface area contributed by atoms with Crippen molar-refractivity contribution in [3.05, 3.63) is 53.1 Å². The minimum absolute atomic E-state index is 0.0958. The zero-order chi connectivity index (χ0) is 28.3. The fourth-order valence-electron chi connectivity index (χ4n) is 4.88. The molecule has 12 heteroatoms. The van der Waals surface area contributed by atoms with Gasteiger partial charge in [0, 0.05) is 18.3 Å². The summed E-state index contributed by atoms with van der Waals surface area (Å²) in [4.78, 5) is 40.7. The molecule has 0 spiro atoms. The first-order valence-corrected chi connectivity index (χ1v) is 12.9. The molecule has 0 unspecified atom stereocenters. The third-order valence-electron chi connectivity index (χ3n) is 7.05. The molecule has 3 atom stereocenters. The van der Waals surface area contributed by atoms with E-state index in [9.17, 15) is 32.8 Å². The van der Waals surface area contributed by atoms with E-state index in [0.29, 0.717) is 16.9 Å². The number of rotatable bonds is 9. The van der Waals surface area contributed by atoms with Crippen LogP contribution in [0.5, 0.6) is 0 Å². The molecular weight excluding hydrogens is 535 g/mol. The number of fused-ring (bicyclic) bond motifs is 1. The van der Waals surface area contributed by atoms with Gasteiger partial charge in [0.15, 0.2) is 0 Å². The Morgan fingerprint density at radius 3 is 2.49 bits per heavy atom. The van der Waals surface area contributed by atoms with E-state index in [1.165, 1.54) is 0 Å². The average molecular weight is 562 g/mol. The number of amides is 3. The summed E-state index contributed by atoms with van der Waals surface area (Å²) in [6, 6.07) is 12.6. The van der Waals surface area contributed by atoms with E-state index in [4.69, 9.17) is 17.3 Å². The van der Waals surface area contributed by atoms with Crippen molar-refractivity contribution < 1.29 is 27.6 Å². The van der Waals surface area contributed by atoms with Gasteiger partial charge in [-0.15, -0.1) is 0 Å². The Balaban J connectivity index is 1.66. The Hall–Kier alpha value is -3.78. The second-order valence-corrected chi connectivity index (χ2v) is 10.3. The van der Waals surface area contributed by atoms with Crippen LogP contribution in [-0.2, 0) is 14.4 Å². The fraction of sp³-hybridized carbons (Fsp3) is 0.407. The van der Waals surface area contributed by atoms with Gasteiger partial charge in [-0.25, -0.2) is 0 Å². The summed E-state index contributed by atoms with van der Waals surface area (Å²) in [5, 5.41) is 15.3. The molecule has 8 nitrogen and oxygen atoms in total. The third-order valence-corrected chi connectivity index (χ3v) is 7.37. The summed E-state index contributed by atoms with van der Waals surface area (Å²) >= 11 is 6.39. The lowest BCUT2D eigenvalue weighted by Gasteiger charge is -2.30. The first-order valence-electron chi connectivity index (χ1n) is 12.5. The molecule has 1 heterocycles. The van der Waals surface area contributed by atoms with Crippen LogP contribution in [0.4, 0.5) is 30.2 Å². The minimum atomic E-state index is -4.52. The lowest BCUT2D eigenvalue weighted by atomic mass is 9.83. The highest BCUT2D eigenvalue weighted by atomic mass is 35.5. The van der Waals surface area contributed by atoms with Crippen molar-refractivity contribution in [2.75, 3.05) is 16.8 Å². The van der Waals surface area contributed by atoms with E-state index in [2.05, 4.69) is 16.7 Å². The largest absolute Gasteiger partial charge is 0.389 e. The van der Waals surface area contributed by atoms with Crippen molar-refractivity contribution in [3.63, 3.8) is 0 Å². The summed E-state index contributed by atoms with van der Waals surface area (Å²) in [5.74, 6) is -4.70. The van der Waals surface area contributed by atoms with E-state index in [-0.39, 0.29) is 29.6 Å². The topological polar surface area (TPSA) is 128 Å². The molecule has 2 aromatic rings. The number of primary amides is 1. The van der Waals surface area contributed by atoms with Crippen LogP contribution >= 0.6 is 11.6 Å². The van der Waals surface area contributed by atoms with Crippen molar-refractivity contribution in [1.82, 2.24) is 5.32 Å². The number of nitriles is 1. The molecule has 0 radical (unpaired) electrons. The number of alkyl halides is 3. The number of carbonyl (C=O) groups is 3. The van der Waals surface area contributed by atoms with Crippen LogP contribution in [0.25, 0.3) is 0 Å². The van der Waals surface area contributed by atoms with Crippen LogP contribution in [0.2, 0.25) is 5.02 Å². The van der Waals surface area contributed by atoms with Crippen LogP contribution in [-0.4, -0.2) is 36.5 Å². The van der Waals surface area contributed by atoms with Gasteiger partial charge in [0.1, 0.15) is 12.1 Å². The normalized spacial score (nSPS) is 18.7. The van der Waals surface area contributed by atoms with Gasteiger partial charge in [0.05, 0.1) is 34.2 Å². The Morgan fingerprint density at radius 2 is 1.85 bits per heavy atom. The van der Waals surface area contributed by atoms with E-state index in [0.717, 1.165) is 12.8 Å². The number of hydrogen-bond acceptors (Lipinski definition) is 5. The van der Waals surface area contributed by atoms with Crippen molar-refractivity contribution in [3.8, 4) is 6.07 Å². The van der Waals surface area contributed by atoms with Crippen molar-refractivity contribution in [2.24, 2.45) is 23.5 Å². The van der Waals surface area contributed by atoms with E-state index < -0.39 is 54.6 Å². The maximum atomic E-state index is 13.5. The molecule has 0 bridgehead atoms. The summed E-state index contributed by atoms with van der Waals surface area (Å²) in [6.45, 7) is -0.108. The van der Waals surface area contributed by atoms with Gasteiger partial charge in [-0.2, -0.15) is 18.4 Å². The lowest BCUT2D eigenvalue weighted by Crippen LogP contribution is -2.52. The first-order chi connectivity index (χ1) is 18.5. The van der Waals surface area contributed by atoms with E-state index in [1.54, 1.807) is 47.4 Å². The molecular formula is C27H27ClF3N5O3. The molecule has 2 aromatic carbocycles. The summed E-state index contributed by atoms with van der Waals surface area (Å²) in [5.41, 5.74) is 7.02. The van der Waals surface area contributed by atoms with Gasteiger partial charge in [-0.1, -0.05) is 42.6 Å². The Labute approximate surface area is 228 Å². The predicted octanol–water partition coefficient (Wildman–Crippen LogP) is 4.65. The number of nitrogens with two attached hydrogens (primary N) is 1. The standard InChI is InChI=1S/C27H27ClF3N5O3/c28-19-5-3-7-22-23(19)35-26(39)20(14-36(22)21-6-2-1-4-16(21)13-32)34-25(38)18(12-15-8-9-15)17(24(33)37)10-11-27(29,30)31/h1-7,15,17-18,20H,8-12,14H2,(H2,33,37)(H,34,38)(H,35,39)/t17-,18+,20+/m1/s1. The van der Waals surface area contributed by atoms with Crippen LogP contribution < -0.4 is 21.3 Å². The second-order valence-electron chi connectivity index (χ2n) is 9.87. The molecule has 1 fully saturated rings. The third kappa shape index (κ3) is 6.81. The highest BCUT2D eigenvalue weighted by molar-refractivity contribution is 6.34. The van der Waals surface area contributed by atoms with Crippen molar-refractivity contribution in [1.29, 1.82) is 5.26 Å². The molecule has 1 saturated carbocycles. The Morgan fingerprint density at radius 1 is 1.15 bits per heavy atom. The molecule has 3 amide bonds. The zero-order valence-electron chi connectivity index (χ0n) is 20.8. The van der Waals surface area contributed by atoms with Crippen molar-refractivity contribution in [2.45, 2.75) is 44.3 Å². The molecule has 0 saturated heterocycles. The highest BCUT2D eigenvalue weighted by Gasteiger charge is 2.41. The Kier molecular flexibility index (Phi) is 8.35. The van der Waals surface area contributed by atoms with Gasteiger partial charge in [-0.05, 0) is 43.0 Å². The molecule has 2 aliphatic rings. The van der Waals surface area contributed by atoms with Crippen LogP contribution in [0, 0.1) is 29.1 Å². The van der Waals surface area contributed by atoms with Gasteiger partial charge < -0.3 is 21.3 Å². The number of nitrogens with zero attached hydrogens (tertiary/aromatic N) is 2. The molecule has 4 N–H and O–H groups in total. The molecule has 4 rings (SSSR count). The second kappa shape index (κ2) is 11.5. The maximum absolute atomic E-state index is 13.5. The molecule has 0 aromatic heterocycles. The van der Waals surface area contributed by atoms with Gasteiger partial charge in [-0.3, -0.25) is 14.4 Å². The predicted molar refractivity (Wildman–Crippen MR) is 139 cm³/mol. The van der Waals surface area contributed by atoms with Crippen LogP contribution in [0.15, 0.2) is 42.5 Å². The number of hydrogen-bond donors (Lipinski definition) is 3. The number of para-hydroxylation sites is 2. The van der Waals surface area contributed by atoms with Crippen molar-refractivity contribution >= 4 is 46.4 Å². The number of halogens is 4. The monoisotopic (exact) mass is 561 g/mol. The molecule has 1 aliphatic heterocycles. The molecule has 206 valence electrons. The van der Waals surface area contributed by atoms with Gasteiger partial charge >= 0.3 is 6.18 Å². The van der Waals surface area contributed by atoms with Gasteiger partial charge in [0.25, 0.3) is 0 Å². The molecule has 1 aliphatic carbocycles.